The van der Waals surface area contributed by atoms with Crippen LogP contribution in [-0.2, 0) is 6.42 Å². The first-order valence-electron chi connectivity index (χ1n) is 10.5. The molecule has 1 unspecified atom stereocenters. The van der Waals surface area contributed by atoms with Crippen LogP contribution in [0.4, 0.5) is 0 Å². The minimum atomic E-state index is 0. The van der Waals surface area contributed by atoms with Crippen LogP contribution in [0.2, 0.25) is 0 Å². The summed E-state index contributed by atoms with van der Waals surface area (Å²) >= 11 is 0. The van der Waals surface area contributed by atoms with E-state index in [0.29, 0.717) is 5.92 Å². The minimum Gasteiger partial charge on any atom is -1.00 e. The fourth-order valence-corrected chi connectivity index (χ4v) is 4.63. The molecule has 0 bridgehead atoms. The highest BCUT2D eigenvalue weighted by Crippen LogP contribution is 2.42. The van der Waals surface area contributed by atoms with Crippen molar-refractivity contribution in [2.45, 2.75) is 39.0 Å². The normalized spacial score (nSPS) is 16.4. The van der Waals surface area contributed by atoms with Gasteiger partial charge in [-0.1, -0.05) is 67.3 Å². The molecule has 0 fully saturated rings. The molecule has 28 heavy (non-hydrogen) atoms. The van der Waals surface area contributed by atoms with Gasteiger partial charge in [0.2, 0.25) is 0 Å². The lowest BCUT2D eigenvalue weighted by molar-refractivity contribution is -0.919. The maximum absolute atomic E-state index is 3.99. The maximum atomic E-state index is 3.99. The molecule has 2 heteroatoms. The van der Waals surface area contributed by atoms with E-state index in [1.165, 1.54) is 54.7 Å². The lowest BCUT2D eigenvalue weighted by atomic mass is 9.87. The molecule has 2 aromatic rings. The fraction of sp³-hybridized carbons (Fsp3) is 0.385. The van der Waals surface area contributed by atoms with Gasteiger partial charge in [0.05, 0.1) is 26.2 Å². The van der Waals surface area contributed by atoms with Crippen LogP contribution in [0.25, 0.3) is 5.57 Å². The van der Waals surface area contributed by atoms with E-state index in [2.05, 4.69) is 87.2 Å². The molecule has 150 valence electrons. The summed E-state index contributed by atoms with van der Waals surface area (Å²) in [7, 11) is 0. The van der Waals surface area contributed by atoms with Gasteiger partial charge in [-0.15, -0.1) is 0 Å². The van der Waals surface area contributed by atoms with Crippen molar-refractivity contribution in [3.05, 3.63) is 90.0 Å². The highest BCUT2D eigenvalue weighted by atomic mass is 79.9. The van der Waals surface area contributed by atoms with Crippen LogP contribution in [0.3, 0.4) is 0 Å². The minimum absolute atomic E-state index is 0. The zero-order chi connectivity index (χ0) is 19.1. The average Bonchev–Trinajstić information content (AvgIpc) is 3.15. The standard InChI is InChI=1S/C26H34N.BrH/c1-4-20-27(5-2,6-3)21-12-17-25(22-13-8-7-9-14-22)26-19-18-23-15-10-11-16-24(23)26;/h4,7-11,13-17,26H,1,5-6,12,18-21H2,2-3H3;1H/q+1;/p-1/b25-17-;. The number of halogens is 1. The zero-order valence-corrected chi connectivity index (χ0v) is 19.0. The van der Waals surface area contributed by atoms with Crippen LogP contribution in [0, 0.1) is 0 Å². The number of quaternary nitrogens is 1. The van der Waals surface area contributed by atoms with Crippen molar-refractivity contribution >= 4 is 5.57 Å². The topological polar surface area (TPSA) is 0 Å². The first-order valence-corrected chi connectivity index (χ1v) is 10.5. The molecule has 1 nitrogen and oxygen atoms in total. The van der Waals surface area contributed by atoms with Gasteiger partial charge in [0.15, 0.2) is 0 Å². The van der Waals surface area contributed by atoms with Gasteiger partial charge in [0.1, 0.15) is 0 Å². The van der Waals surface area contributed by atoms with Crippen molar-refractivity contribution in [1.29, 1.82) is 0 Å². The van der Waals surface area contributed by atoms with E-state index in [1.54, 1.807) is 0 Å². The van der Waals surface area contributed by atoms with Crippen molar-refractivity contribution in [1.82, 2.24) is 0 Å². The summed E-state index contributed by atoms with van der Waals surface area (Å²) < 4.78 is 1.13. The van der Waals surface area contributed by atoms with Gasteiger partial charge < -0.3 is 21.5 Å². The number of hydrogen-bond donors (Lipinski definition) is 0. The molecule has 0 saturated heterocycles. The van der Waals surface area contributed by atoms with Crippen molar-refractivity contribution in [2.75, 3.05) is 26.2 Å². The molecule has 0 aliphatic heterocycles. The Morgan fingerprint density at radius 1 is 1.04 bits per heavy atom. The van der Waals surface area contributed by atoms with E-state index < -0.39 is 0 Å². The average molecular weight is 440 g/mol. The maximum Gasteiger partial charge on any atom is 0.0971 e. The predicted octanol–water partition coefficient (Wildman–Crippen LogP) is 3.24. The second kappa shape index (κ2) is 10.8. The summed E-state index contributed by atoms with van der Waals surface area (Å²) in [6, 6.07) is 20.0. The van der Waals surface area contributed by atoms with E-state index in [9.17, 15) is 0 Å². The number of aryl methyl sites for hydroxylation is 1. The van der Waals surface area contributed by atoms with Gasteiger partial charge in [-0.3, -0.25) is 0 Å². The van der Waals surface area contributed by atoms with Gasteiger partial charge >= 0.3 is 0 Å². The summed E-state index contributed by atoms with van der Waals surface area (Å²) in [5, 5.41) is 0. The van der Waals surface area contributed by atoms with Gasteiger partial charge in [-0.05, 0) is 55.0 Å². The van der Waals surface area contributed by atoms with E-state index >= 15 is 0 Å². The molecular weight excluding hydrogens is 406 g/mol. The van der Waals surface area contributed by atoms with E-state index in [0.717, 1.165) is 17.4 Å². The number of nitrogens with zero attached hydrogens (tertiary/aromatic N) is 1. The van der Waals surface area contributed by atoms with E-state index in [-0.39, 0.29) is 17.0 Å². The lowest BCUT2D eigenvalue weighted by Crippen LogP contribution is -3.00. The third-order valence-corrected chi connectivity index (χ3v) is 6.44. The summed E-state index contributed by atoms with van der Waals surface area (Å²) in [5.41, 5.74) is 5.96. The van der Waals surface area contributed by atoms with Crippen molar-refractivity contribution in [2.24, 2.45) is 0 Å². The van der Waals surface area contributed by atoms with Gasteiger partial charge in [0, 0.05) is 12.3 Å². The highest BCUT2D eigenvalue weighted by Gasteiger charge is 2.26. The number of benzene rings is 2. The third kappa shape index (κ3) is 5.04. The molecule has 1 atom stereocenters. The van der Waals surface area contributed by atoms with E-state index in [1.807, 2.05) is 0 Å². The number of rotatable bonds is 9. The van der Waals surface area contributed by atoms with Gasteiger partial charge in [0.25, 0.3) is 0 Å². The Labute approximate surface area is 182 Å². The molecule has 0 saturated carbocycles. The molecular formula is C26H34BrN. The Morgan fingerprint density at radius 3 is 2.39 bits per heavy atom. The van der Waals surface area contributed by atoms with Crippen LogP contribution in [0.15, 0.2) is 73.3 Å². The van der Waals surface area contributed by atoms with E-state index in [4.69, 9.17) is 0 Å². The molecule has 0 N–H and O–H groups in total. The van der Waals surface area contributed by atoms with Crippen molar-refractivity contribution in [3.63, 3.8) is 0 Å². The number of allylic oxidation sites excluding steroid dienone is 1. The molecule has 0 spiro atoms. The Kier molecular flexibility index (Phi) is 8.72. The molecule has 1 aliphatic carbocycles. The number of fused-ring (bicyclic) bond motifs is 1. The van der Waals surface area contributed by atoms with Crippen LogP contribution < -0.4 is 17.0 Å². The van der Waals surface area contributed by atoms with Crippen LogP contribution >= 0.6 is 0 Å². The SMILES string of the molecule is C=CC[N+](CC)(CC)CC/C=C(/c1ccccc1)C1CCc2ccccc21.[Br-]. The summed E-state index contributed by atoms with van der Waals surface area (Å²) in [4.78, 5) is 0. The molecule has 0 amide bonds. The predicted molar refractivity (Wildman–Crippen MR) is 118 cm³/mol. The summed E-state index contributed by atoms with van der Waals surface area (Å²) in [6.07, 6.45) is 8.17. The molecule has 1 aliphatic rings. The Bertz CT molecular complexity index is 774. The largest absolute Gasteiger partial charge is 1.00 e. The quantitative estimate of drug-likeness (QED) is 0.415. The lowest BCUT2D eigenvalue weighted by Gasteiger charge is -2.35. The van der Waals surface area contributed by atoms with Crippen LogP contribution in [-0.4, -0.2) is 30.7 Å². The van der Waals surface area contributed by atoms with Crippen molar-refractivity contribution in [3.8, 4) is 0 Å². The molecule has 2 aromatic carbocycles. The van der Waals surface area contributed by atoms with Gasteiger partial charge in [-0.25, -0.2) is 0 Å². The number of hydrogen-bond acceptors (Lipinski definition) is 0. The Morgan fingerprint density at radius 2 is 1.71 bits per heavy atom. The number of likely N-dealkylation sites (N-methyl/N-ethyl adjacent to an activating group) is 1. The third-order valence-electron chi connectivity index (χ3n) is 6.44. The first kappa shape index (κ1) is 22.6. The van der Waals surface area contributed by atoms with Gasteiger partial charge in [-0.2, -0.15) is 0 Å². The smallest absolute Gasteiger partial charge is 0.0971 e. The zero-order valence-electron chi connectivity index (χ0n) is 17.4. The van der Waals surface area contributed by atoms with Crippen LogP contribution in [0.1, 0.15) is 49.3 Å². The summed E-state index contributed by atoms with van der Waals surface area (Å²) in [5.74, 6) is 0.535. The molecule has 3 rings (SSSR count). The second-order valence-corrected chi connectivity index (χ2v) is 7.77. The Balaban J connectivity index is 0.00000280. The Hall–Kier alpha value is -1.64. The molecule has 0 radical (unpaired) electrons. The van der Waals surface area contributed by atoms with Crippen molar-refractivity contribution < 1.29 is 21.5 Å². The monoisotopic (exact) mass is 439 g/mol. The first-order chi connectivity index (χ1) is 13.2. The fourth-order valence-electron chi connectivity index (χ4n) is 4.63. The highest BCUT2D eigenvalue weighted by molar-refractivity contribution is 5.73. The molecule has 0 aromatic heterocycles. The van der Waals surface area contributed by atoms with Crippen LogP contribution in [0.5, 0.6) is 0 Å². The summed E-state index contributed by atoms with van der Waals surface area (Å²) in [6.45, 7) is 13.2. The molecule has 0 heterocycles. The second-order valence-electron chi connectivity index (χ2n) is 7.77.